The summed E-state index contributed by atoms with van der Waals surface area (Å²) >= 11 is 1.75. The van der Waals surface area contributed by atoms with E-state index in [1.165, 1.54) is 23.3 Å². The molecule has 4 rings (SSSR count). The van der Waals surface area contributed by atoms with E-state index >= 15 is 0 Å². The van der Waals surface area contributed by atoms with Gasteiger partial charge in [0, 0.05) is 24.0 Å². The molecule has 2 heterocycles. The Balaban J connectivity index is 1.48. The lowest BCUT2D eigenvalue weighted by Gasteiger charge is -2.33. The Hall–Kier alpha value is -0.870. The number of carbonyl (C=O) groups excluding carboxylic acids is 1. The highest BCUT2D eigenvalue weighted by Gasteiger charge is 2.43. The van der Waals surface area contributed by atoms with Crippen molar-refractivity contribution in [3.8, 4) is 0 Å². The van der Waals surface area contributed by atoms with E-state index in [1.54, 1.807) is 11.3 Å². The van der Waals surface area contributed by atoms with Gasteiger partial charge in [-0.05, 0) is 66.9 Å². The minimum atomic E-state index is 0.253. The van der Waals surface area contributed by atoms with Crippen LogP contribution in [0.2, 0.25) is 0 Å². The number of amides is 1. The highest BCUT2D eigenvalue weighted by atomic mass is 32.1. The Morgan fingerprint density at radius 3 is 2.75 bits per heavy atom. The van der Waals surface area contributed by atoms with Gasteiger partial charge < -0.3 is 10.6 Å². The number of carbonyl (C=O) groups is 1. The summed E-state index contributed by atoms with van der Waals surface area (Å²) < 4.78 is 0. The van der Waals surface area contributed by atoms with Crippen molar-refractivity contribution in [2.24, 2.45) is 28.9 Å². The average molecular weight is 347 g/mol. The normalized spacial score (nSPS) is 32.8. The van der Waals surface area contributed by atoms with E-state index in [1.807, 2.05) is 0 Å². The molecule has 0 spiro atoms. The fourth-order valence-electron chi connectivity index (χ4n) is 5.00. The molecule has 2 aliphatic carbocycles. The molecular weight excluding hydrogens is 316 g/mol. The summed E-state index contributed by atoms with van der Waals surface area (Å²) in [5.74, 6) is 2.16. The molecule has 4 unspecified atom stereocenters. The molecule has 3 aliphatic rings. The van der Waals surface area contributed by atoms with E-state index < -0.39 is 0 Å². The zero-order chi connectivity index (χ0) is 17.1. The van der Waals surface area contributed by atoms with Crippen LogP contribution in [0.5, 0.6) is 0 Å². The Labute approximate surface area is 149 Å². The zero-order valence-electron chi connectivity index (χ0n) is 15.2. The van der Waals surface area contributed by atoms with Gasteiger partial charge in [0.1, 0.15) is 0 Å². The van der Waals surface area contributed by atoms with Crippen LogP contribution in [0.1, 0.15) is 60.1 Å². The van der Waals surface area contributed by atoms with Gasteiger partial charge in [0.15, 0.2) is 0 Å². The number of nitrogens with two attached hydrogens (primary N) is 1. The number of thiophene rings is 1. The maximum Gasteiger partial charge on any atom is 0.263 e. The molecule has 0 radical (unpaired) electrons. The third kappa shape index (κ3) is 2.82. The third-order valence-corrected chi connectivity index (χ3v) is 7.94. The molecule has 0 bridgehead atoms. The first-order valence-corrected chi connectivity index (χ1v) is 10.3. The molecule has 4 atom stereocenters. The predicted octanol–water partition coefficient (Wildman–Crippen LogP) is 3.71. The van der Waals surface area contributed by atoms with Gasteiger partial charge in [-0.3, -0.25) is 4.79 Å². The highest BCUT2D eigenvalue weighted by molar-refractivity contribution is 7.14. The van der Waals surface area contributed by atoms with Crippen LogP contribution in [0.15, 0.2) is 6.07 Å². The van der Waals surface area contributed by atoms with Gasteiger partial charge in [-0.2, -0.15) is 0 Å². The molecule has 1 saturated carbocycles. The first-order chi connectivity index (χ1) is 11.3. The maximum atomic E-state index is 13.0. The topological polar surface area (TPSA) is 46.3 Å². The molecular formula is C20H30N2OS. The second-order valence-corrected chi connectivity index (χ2v) is 10.4. The number of nitrogens with zero attached hydrogens (tertiary/aromatic N) is 1. The van der Waals surface area contributed by atoms with Crippen LogP contribution in [-0.4, -0.2) is 29.9 Å². The smallest absolute Gasteiger partial charge is 0.263 e. The standard InChI is InChI=1S/C20H30N2OS/c1-20(2,3)14-5-7-17-13(8-14)9-18(24-17)19(23)22-10-12-4-6-16(21)15(12)11-22/h9,12,14-16H,4-8,10-11,21H2,1-3H3. The summed E-state index contributed by atoms with van der Waals surface area (Å²) in [5.41, 5.74) is 8.01. The van der Waals surface area contributed by atoms with E-state index in [0.29, 0.717) is 23.3 Å². The van der Waals surface area contributed by atoms with Crippen LogP contribution in [0.25, 0.3) is 0 Å². The summed E-state index contributed by atoms with van der Waals surface area (Å²) in [6.45, 7) is 8.82. The molecule has 132 valence electrons. The fraction of sp³-hybridized carbons (Fsp3) is 0.750. The van der Waals surface area contributed by atoms with Gasteiger partial charge in [-0.15, -0.1) is 11.3 Å². The predicted molar refractivity (Wildman–Crippen MR) is 99.4 cm³/mol. The number of hydrogen-bond donors (Lipinski definition) is 1. The molecule has 24 heavy (non-hydrogen) atoms. The van der Waals surface area contributed by atoms with E-state index in [-0.39, 0.29) is 5.91 Å². The van der Waals surface area contributed by atoms with E-state index in [9.17, 15) is 4.79 Å². The molecule has 1 aliphatic heterocycles. The lowest BCUT2D eigenvalue weighted by atomic mass is 9.72. The Morgan fingerprint density at radius 2 is 2.04 bits per heavy atom. The van der Waals surface area contributed by atoms with Gasteiger partial charge in [0.2, 0.25) is 0 Å². The Morgan fingerprint density at radius 1 is 1.25 bits per heavy atom. The second-order valence-electron chi connectivity index (χ2n) is 9.24. The van der Waals surface area contributed by atoms with Gasteiger partial charge in [0.25, 0.3) is 5.91 Å². The van der Waals surface area contributed by atoms with Crippen LogP contribution in [0, 0.1) is 23.2 Å². The summed E-state index contributed by atoms with van der Waals surface area (Å²) in [5, 5.41) is 0. The fourth-order valence-corrected chi connectivity index (χ4v) is 6.17. The number of rotatable bonds is 1. The lowest BCUT2D eigenvalue weighted by molar-refractivity contribution is 0.0784. The van der Waals surface area contributed by atoms with Crippen molar-refractivity contribution >= 4 is 17.2 Å². The summed E-state index contributed by atoms with van der Waals surface area (Å²) in [4.78, 5) is 17.5. The molecule has 1 saturated heterocycles. The summed E-state index contributed by atoms with van der Waals surface area (Å²) in [6.07, 6.45) is 5.88. The van der Waals surface area contributed by atoms with Crippen LogP contribution in [0.4, 0.5) is 0 Å². The van der Waals surface area contributed by atoms with Crippen LogP contribution in [0.3, 0.4) is 0 Å². The quantitative estimate of drug-likeness (QED) is 0.842. The molecule has 2 fully saturated rings. The zero-order valence-corrected chi connectivity index (χ0v) is 16.0. The van der Waals surface area contributed by atoms with Crippen molar-refractivity contribution in [2.75, 3.05) is 13.1 Å². The highest BCUT2D eigenvalue weighted by Crippen LogP contribution is 2.41. The van der Waals surface area contributed by atoms with Crippen LogP contribution in [-0.2, 0) is 12.8 Å². The van der Waals surface area contributed by atoms with Crippen LogP contribution >= 0.6 is 11.3 Å². The lowest BCUT2D eigenvalue weighted by Crippen LogP contribution is -2.33. The summed E-state index contributed by atoms with van der Waals surface area (Å²) in [7, 11) is 0. The molecule has 4 heteroatoms. The van der Waals surface area contributed by atoms with Gasteiger partial charge in [-0.25, -0.2) is 0 Å². The first kappa shape index (κ1) is 16.6. The van der Waals surface area contributed by atoms with Crippen molar-refractivity contribution in [1.82, 2.24) is 4.90 Å². The van der Waals surface area contributed by atoms with Crippen molar-refractivity contribution < 1.29 is 4.79 Å². The van der Waals surface area contributed by atoms with Crippen molar-refractivity contribution in [1.29, 1.82) is 0 Å². The molecule has 1 amide bonds. The number of likely N-dealkylation sites (tertiary alicyclic amines) is 1. The Kier molecular flexibility index (Phi) is 4.04. The van der Waals surface area contributed by atoms with E-state index in [4.69, 9.17) is 5.73 Å². The number of aryl methyl sites for hydroxylation is 1. The molecule has 3 nitrogen and oxygen atoms in total. The number of hydrogen-bond acceptors (Lipinski definition) is 3. The molecule has 0 aromatic carbocycles. The maximum absolute atomic E-state index is 13.0. The van der Waals surface area contributed by atoms with Crippen molar-refractivity contribution in [2.45, 2.75) is 58.9 Å². The molecule has 1 aromatic rings. The van der Waals surface area contributed by atoms with Gasteiger partial charge in [0.05, 0.1) is 4.88 Å². The minimum Gasteiger partial charge on any atom is -0.337 e. The van der Waals surface area contributed by atoms with Crippen LogP contribution < -0.4 is 5.73 Å². The summed E-state index contributed by atoms with van der Waals surface area (Å²) in [6, 6.07) is 2.51. The van der Waals surface area contributed by atoms with E-state index in [2.05, 4.69) is 31.7 Å². The monoisotopic (exact) mass is 346 g/mol. The van der Waals surface area contributed by atoms with Gasteiger partial charge >= 0.3 is 0 Å². The SMILES string of the molecule is CC(C)(C)C1CCc2sc(C(=O)N3CC4CCC(N)C4C3)cc2C1. The molecule has 1 aromatic heterocycles. The number of fused-ring (bicyclic) bond motifs is 2. The minimum absolute atomic E-state index is 0.253. The van der Waals surface area contributed by atoms with Crippen molar-refractivity contribution in [3.05, 3.63) is 21.4 Å². The van der Waals surface area contributed by atoms with Crippen molar-refractivity contribution in [3.63, 3.8) is 0 Å². The van der Waals surface area contributed by atoms with Gasteiger partial charge in [-0.1, -0.05) is 20.8 Å². The van der Waals surface area contributed by atoms with E-state index in [0.717, 1.165) is 43.1 Å². The third-order valence-electron chi connectivity index (χ3n) is 6.72. The average Bonchev–Trinajstić information content (AvgIpc) is 3.20. The Bertz CT molecular complexity index is 645. The largest absolute Gasteiger partial charge is 0.337 e. The molecule has 2 N–H and O–H groups in total. The second kappa shape index (κ2) is 5.84. The first-order valence-electron chi connectivity index (χ1n) is 9.49.